The van der Waals surface area contributed by atoms with Crippen LogP contribution in [0, 0.1) is 29.1 Å². The molecule has 1 aromatic carbocycles. The van der Waals surface area contributed by atoms with E-state index in [9.17, 15) is 4.79 Å². The standard InChI is InChI=1S/C27H42O2Si/c1-18(17-28)24-12-13-25-23-10-8-19-16-20(29-30(6,7)26(2,3)4)9-11-21(19)22(23)14-15-27(24,25)5/h9,11,16-18,22-25H,8,10,12-15H2,1-7H3. The van der Waals surface area contributed by atoms with Crippen molar-refractivity contribution in [1.29, 1.82) is 0 Å². The molecule has 0 aliphatic heterocycles. The van der Waals surface area contributed by atoms with Crippen molar-refractivity contribution in [3.8, 4) is 5.75 Å². The number of hydrogen-bond donors (Lipinski definition) is 0. The Labute approximate surface area is 185 Å². The first-order valence-electron chi connectivity index (χ1n) is 12.2. The van der Waals surface area contributed by atoms with Crippen LogP contribution in [0.2, 0.25) is 18.1 Å². The summed E-state index contributed by atoms with van der Waals surface area (Å²) >= 11 is 0. The van der Waals surface area contributed by atoms with Gasteiger partial charge in [0.25, 0.3) is 0 Å². The normalized spacial score (nSPS) is 34.5. The largest absolute Gasteiger partial charge is 0.543 e. The molecule has 6 unspecified atom stereocenters. The Bertz CT molecular complexity index is 808. The van der Waals surface area contributed by atoms with Crippen LogP contribution < -0.4 is 4.43 Å². The lowest BCUT2D eigenvalue weighted by Gasteiger charge is -2.51. The lowest BCUT2D eigenvalue weighted by atomic mass is 9.53. The molecule has 4 rings (SSSR count). The van der Waals surface area contributed by atoms with E-state index in [-0.39, 0.29) is 11.0 Å². The van der Waals surface area contributed by atoms with E-state index in [2.05, 4.69) is 65.9 Å². The second kappa shape index (κ2) is 7.50. The quantitative estimate of drug-likeness (QED) is 0.371. The molecule has 0 N–H and O–H groups in total. The zero-order valence-corrected chi connectivity index (χ0v) is 21.3. The van der Waals surface area contributed by atoms with E-state index in [0.717, 1.165) is 17.6 Å². The zero-order chi connectivity index (χ0) is 21.9. The number of hydrogen-bond acceptors (Lipinski definition) is 2. The molecule has 0 saturated heterocycles. The highest BCUT2D eigenvalue weighted by molar-refractivity contribution is 6.74. The number of carbonyl (C=O) groups is 1. The van der Waals surface area contributed by atoms with Crippen molar-refractivity contribution in [2.75, 3.05) is 0 Å². The molecule has 0 aromatic heterocycles. The van der Waals surface area contributed by atoms with Gasteiger partial charge in [-0.25, -0.2) is 0 Å². The molecule has 0 amide bonds. The van der Waals surface area contributed by atoms with Crippen LogP contribution >= 0.6 is 0 Å². The minimum absolute atomic E-state index is 0.211. The maximum atomic E-state index is 11.5. The molecule has 166 valence electrons. The third-order valence-electron chi connectivity index (χ3n) is 9.80. The van der Waals surface area contributed by atoms with Crippen LogP contribution in [0.3, 0.4) is 0 Å². The van der Waals surface area contributed by atoms with E-state index in [0.29, 0.717) is 17.3 Å². The van der Waals surface area contributed by atoms with Crippen molar-refractivity contribution in [3.63, 3.8) is 0 Å². The third kappa shape index (κ3) is 3.49. The van der Waals surface area contributed by atoms with Gasteiger partial charge in [-0.1, -0.05) is 40.7 Å². The van der Waals surface area contributed by atoms with E-state index in [1.165, 1.54) is 50.4 Å². The zero-order valence-electron chi connectivity index (χ0n) is 20.3. The van der Waals surface area contributed by atoms with E-state index in [1.54, 1.807) is 5.56 Å². The maximum Gasteiger partial charge on any atom is 0.250 e. The summed E-state index contributed by atoms with van der Waals surface area (Å²) < 4.78 is 6.61. The van der Waals surface area contributed by atoms with Crippen molar-refractivity contribution < 1.29 is 9.22 Å². The molecule has 3 aliphatic carbocycles. The topological polar surface area (TPSA) is 26.3 Å². The molecular formula is C27H42O2Si. The van der Waals surface area contributed by atoms with Crippen LogP contribution in [-0.2, 0) is 11.2 Å². The minimum atomic E-state index is -1.80. The molecule has 2 fully saturated rings. The highest BCUT2D eigenvalue weighted by Crippen LogP contribution is 2.64. The molecule has 6 atom stereocenters. The average molecular weight is 427 g/mol. The van der Waals surface area contributed by atoms with E-state index in [4.69, 9.17) is 4.43 Å². The van der Waals surface area contributed by atoms with Crippen LogP contribution in [0.25, 0.3) is 0 Å². The average Bonchev–Trinajstić information content (AvgIpc) is 3.03. The first-order valence-corrected chi connectivity index (χ1v) is 15.2. The Morgan fingerprint density at radius 1 is 1.17 bits per heavy atom. The monoisotopic (exact) mass is 426 g/mol. The second-order valence-corrected chi connectivity index (χ2v) is 17.1. The Hall–Kier alpha value is -1.09. The van der Waals surface area contributed by atoms with Gasteiger partial charge in [0, 0.05) is 5.92 Å². The van der Waals surface area contributed by atoms with Gasteiger partial charge in [0.2, 0.25) is 8.32 Å². The van der Waals surface area contributed by atoms with Gasteiger partial charge in [0.05, 0.1) is 0 Å². The summed E-state index contributed by atoms with van der Waals surface area (Å²) in [6, 6.07) is 7.02. The highest BCUT2D eigenvalue weighted by Gasteiger charge is 2.55. The molecular weight excluding hydrogens is 384 g/mol. The maximum absolute atomic E-state index is 11.5. The van der Waals surface area contributed by atoms with Crippen LogP contribution in [0.4, 0.5) is 0 Å². The number of carbonyl (C=O) groups excluding carboxylic acids is 1. The summed E-state index contributed by atoms with van der Waals surface area (Å²) in [6.45, 7) is 16.3. The third-order valence-corrected chi connectivity index (χ3v) is 14.2. The predicted molar refractivity (Wildman–Crippen MR) is 128 cm³/mol. The van der Waals surface area contributed by atoms with Crippen molar-refractivity contribution in [1.82, 2.24) is 0 Å². The summed E-state index contributed by atoms with van der Waals surface area (Å²) in [6.07, 6.45) is 8.84. The Morgan fingerprint density at radius 3 is 2.57 bits per heavy atom. The fourth-order valence-electron chi connectivity index (χ4n) is 7.07. The van der Waals surface area contributed by atoms with Gasteiger partial charge in [-0.15, -0.1) is 0 Å². The number of aryl methyl sites for hydroxylation is 1. The van der Waals surface area contributed by atoms with Crippen molar-refractivity contribution in [2.24, 2.45) is 29.1 Å². The highest BCUT2D eigenvalue weighted by atomic mass is 28.4. The molecule has 3 aliphatic rings. The molecule has 2 nitrogen and oxygen atoms in total. The Morgan fingerprint density at radius 2 is 1.90 bits per heavy atom. The van der Waals surface area contributed by atoms with Gasteiger partial charge in [-0.3, -0.25) is 0 Å². The minimum Gasteiger partial charge on any atom is -0.543 e. The van der Waals surface area contributed by atoms with Crippen LogP contribution in [-0.4, -0.2) is 14.6 Å². The summed E-state index contributed by atoms with van der Waals surface area (Å²) in [7, 11) is -1.80. The first-order chi connectivity index (χ1) is 14.0. The van der Waals surface area contributed by atoms with Crippen molar-refractivity contribution in [2.45, 2.75) is 97.2 Å². The van der Waals surface area contributed by atoms with Gasteiger partial charge < -0.3 is 9.22 Å². The summed E-state index contributed by atoms with van der Waals surface area (Å²) in [5.41, 5.74) is 3.50. The van der Waals surface area contributed by atoms with Gasteiger partial charge in [0.15, 0.2) is 0 Å². The Kier molecular flexibility index (Phi) is 5.53. The van der Waals surface area contributed by atoms with Crippen molar-refractivity contribution >= 4 is 14.6 Å². The number of benzene rings is 1. The SMILES string of the molecule is CC(C=O)C1CCC2C3CCc4cc(O[Si](C)(C)C(C)(C)C)ccc4C3CCC12C. The van der Waals surface area contributed by atoms with E-state index >= 15 is 0 Å². The lowest BCUT2D eigenvalue weighted by Crippen LogP contribution is -2.44. The second-order valence-electron chi connectivity index (χ2n) is 12.4. The summed E-state index contributed by atoms with van der Waals surface area (Å²) in [5, 5.41) is 0.222. The number of aldehydes is 1. The first kappa shape index (κ1) is 22.1. The summed E-state index contributed by atoms with van der Waals surface area (Å²) in [4.78, 5) is 11.5. The molecule has 1 aromatic rings. The Balaban J connectivity index is 1.56. The lowest BCUT2D eigenvalue weighted by molar-refractivity contribution is -0.114. The fraction of sp³-hybridized carbons (Fsp3) is 0.741. The summed E-state index contributed by atoms with van der Waals surface area (Å²) in [5.74, 6) is 4.18. The van der Waals surface area contributed by atoms with Crippen LogP contribution in [0.1, 0.15) is 83.8 Å². The van der Waals surface area contributed by atoms with E-state index < -0.39 is 8.32 Å². The number of fused-ring (bicyclic) bond motifs is 5. The molecule has 0 spiro atoms. The van der Waals surface area contributed by atoms with Gasteiger partial charge in [-0.2, -0.15) is 0 Å². The van der Waals surface area contributed by atoms with Crippen molar-refractivity contribution in [3.05, 3.63) is 29.3 Å². The van der Waals surface area contributed by atoms with E-state index in [1.807, 2.05) is 0 Å². The van der Waals surface area contributed by atoms with Gasteiger partial charge >= 0.3 is 0 Å². The smallest absolute Gasteiger partial charge is 0.250 e. The van der Waals surface area contributed by atoms with Crippen LogP contribution in [0.15, 0.2) is 18.2 Å². The molecule has 0 radical (unpaired) electrons. The molecule has 2 saturated carbocycles. The molecule has 30 heavy (non-hydrogen) atoms. The molecule has 0 heterocycles. The molecule has 3 heteroatoms. The van der Waals surface area contributed by atoms with Gasteiger partial charge in [0.1, 0.15) is 12.0 Å². The fourth-order valence-corrected chi connectivity index (χ4v) is 8.09. The molecule has 0 bridgehead atoms. The predicted octanol–water partition coefficient (Wildman–Crippen LogP) is 7.38. The van der Waals surface area contributed by atoms with Gasteiger partial charge in [-0.05, 0) is 109 Å². The number of rotatable bonds is 4. The van der Waals surface area contributed by atoms with Crippen LogP contribution in [0.5, 0.6) is 5.75 Å².